The van der Waals surface area contributed by atoms with E-state index in [2.05, 4.69) is 26.1 Å². The number of rotatable bonds is 4. The van der Waals surface area contributed by atoms with E-state index in [1.54, 1.807) is 24.3 Å². The Balaban J connectivity index is 1.58. The summed E-state index contributed by atoms with van der Waals surface area (Å²) in [4.78, 5) is 11.8. The van der Waals surface area contributed by atoms with Gasteiger partial charge in [-0.3, -0.25) is 15.6 Å². The van der Waals surface area contributed by atoms with Crippen LogP contribution in [0.1, 0.15) is 5.56 Å². The van der Waals surface area contributed by atoms with Crippen molar-refractivity contribution in [3.05, 3.63) is 53.3 Å². The van der Waals surface area contributed by atoms with E-state index in [9.17, 15) is 4.79 Å². The van der Waals surface area contributed by atoms with Crippen LogP contribution in [-0.2, 0) is 11.2 Å². The van der Waals surface area contributed by atoms with E-state index in [4.69, 9.17) is 11.6 Å². The molecule has 2 heterocycles. The summed E-state index contributed by atoms with van der Waals surface area (Å²) in [6, 6.07) is 10.6. The highest BCUT2D eigenvalue weighted by Crippen LogP contribution is 2.10. The summed E-state index contributed by atoms with van der Waals surface area (Å²) in [6.45, 7) is 0. The molecule has 7 nitrogen and oxygen atoms in total. The monoisotopic (exact) mass is 302 g/mol. The average molecular weight is 303 g/mol. The number of hydrogen-bond acceptors (Lipinski definition) is 5. The first-order chi connectivity index (χ1) is 10.2. The molecule has 2 aromatic heterocycles. The summed E-state index contributed by atoms with van der Waals surface area (Å²) < 4.78 is 1.51. The third-order valence-electron chi connectivity index (χ3n) is 2.77. The van der Waals surface area contributed by atoms with Crippen LogP contribution in [0.25, 0.3) is 5.65 Å². The lowest BCUT2D eigenvalue weighted by molar-refractivity contribution is -0.119. The van der Waals surface area contributed by atoms with Gasteiger partial charge in [0, 0.05) is 5.02 Å². The van der Waals surface area contributed by atoms with Crippen molar-refractivity contribution in [3.8, 4) is 0 Å². The molecule has 1 aromatic carbocycles. The maximum absolute atomic E-state index is 11.8. The fourth-order valence-electron chi connectivity index (χ4n) is 1.76. The topological polar surface area (TPSA) is 84.2 Å². The molecule has 0 fully saturated rings. The molecule has 0 aliphatic carbocycles. The van der Waals surface area contributed by atoms with Crippen molar-refractivity contribution in [1.29, 1.82) is 0 Å². The van der Waals surface area contributed by atoms with Crippen LogP contribution in [0.3, 0.4) is 0 Å². The van der Waals surface area contributed by atoms with Crippen molar-refractivity contribution in [1.82, 2.24) is 25.2 Å². The summed E-state index contributed by atoms with van der Waals surface area (Å²) >= 11 is 5.79. The van der Waals surface area contributed by atoms with Crippen LogP contribution in [0.2, 0.25) is 5.02 Å². The van der Waals surface area contributed by atoms with E-state index in [-0.39, 0.29) is 12.3 Å². The summed E-state index contributed by atoms with van der Waals surface area (Å²) in [5, 5.41) is 12.4. The van der Waals surface area contributed by atoms with E-state index in [0.717, 1.165) is 5.56 Å². The first kappa shape index (κ1) is 13.3. The highest BCUT2D eigenvalue weighted by Gasteiger charge is 2.04. The molecule has 0 saturated carbocycles. The van der Waals surface area contributed by atoms with Gasteiger partial charge in [0.05, 0.1) is 6.42 Å². The van der Waals surface area contributed by atoms with E-state index < -0.39 is 0 Å². The minimum atomic E-state index is -0.178. The second kappa shape index (κ2) is 5.76. The molecule has 0 bridgehead atoms. The fraction of sp³-hybridized carbons (Fsp3) is 0.0769. The molecule has 0 spiro atoms. The lowest BCUT2D eigenvalue weighted by Gasteiger charge is -2.07. The standard InChI is InChI=1S/C13H11ClN6O/c14-10-3-1-9(2-4-10)7-13(21)18-16-11-5-6-12-17-15-8-20(12)19-11/h1-6,8H,7H2,(H,16,19)(H,18,21). The number of hydrogen-bond donors (Lipinski definition) is 2. The number of amides is 1. The summed E-state index contributed by atoms with van der Waals surface area (Å²) in [5.41, 5.74) is 6.83. The first-order valence-electron chi connectivity index (χ1n) is 6.17. The Morgan fingerprint density at radius 2 is 2.00 bits per heavy atom. The number of carbonyl (C=O) groups is 1. The number of hydrazine groups is 1. The number of halogens is 1. The lowest BCUT2D eigenvalue weighted by Crippen LogP contribution is -2.31. The quantitative estimate of drug-likeness (QED) is 0.713. The number of fused-ring (bicyclic) bond motifs is 1. The minimum Gasteiger partial charge on any atom is -0.280 e. The zero-order valence-corrected chi connectivity index (χ0v) is 11.6. The molecule has 1 amide bonds. The average Bonchev–Trinajstić information content (AvgIpc) is 2.95. The summed E-state index contributed by atoms with van der Waals surface area (Å²) in [7, 11) is 0. The summed E-state index contributed by atoms with van der Waals surface area (Å²) in [6.07, 6.45) is 1.73. The molecule has 0 aliphatic rings. The maximum Gasteiger partial charge on any atom is 0.242 e. The van der Waals surface area contributed by atoms with Crippen molar-refractivity contribution >= 4 is 29.0 Å². The van der Waals surface area contributed by atoms with Gasteiger partial charge in [-0.15, -0.1) is 15.3 Å². The molecule has 0 radical (unpaired) electrons. The van der Waals surface area contributed by atoms with Gasteiger partial charge in [-0.1, -0.05) is 23.7 Å². The van der Waals surface area contributed by atoms with E-state index in [1.165, 1.54) is 10.8 Å². The molecular weight excluding hydrogens is 292 g/mol. The van der Waals surface area contributed by atoms with E-state index in [1.807, 2.05) is 12.1 Å². The molecule has 0 saturated heterocycles. The van der Waals surface area contributed by atoms with Gasteiger partial charge in [0.25, 0.3) is 0 Å². The van der Waals surface area contributed by atoms with Crippen LogP contribution in [0.15, 0.2) is 42.7 Å². The largest absolute Gasteiger partial charge is 0.280 e. The molecule has 0 aliphatic heterocycles. The predicted molar refractivity (Wildman–Crippen MR) is 77.7 cm³/mol. The smallest absolute Gasteiger partial charge is 0.242 e. The second-order valence-corrected chi connectivity index (χ2v) is 4.77. The number of nitrogens with zero attached hydrogens (tertiary/aromatic N) is 4. The van der Waals surface area contributed by atoms with Crippen molar-refractivity contribution in [2.24, 2.45) is 0 Å². The SMILES string of the molecule is O=C(Cc1ccc(Cl)cc1)NNc1ccc2nncn2n1. The normalized spacial score (nSPS) is 10.5. The Morgan fingerprint density at radius 1 is 1.19 bits per heavy atom. The number of aromatic nitrogens is 4. The van der Waals surface area contributed by atoms with Crippen LogP contribution in [-0.4, -0.2) is 25.7 Å². The molecule has 0 unspecified atom stereocenters. The molecular formula is C13H11ClN6O. The van der Waals surface area contributed by atoms with Crippen LogP contribution in [0.5, 0.6) is 0 Å². The van der Waals surface area contributed by atoms with E-state index in [0.29, 0.717) is 16.5 Å². The van der Waals surface area contributed by atoms with Crippen molar-refractivity contribution in [2.45, 2.75) is 6.42 Å². The van der Waals surface area contributed by atoms with Gasteiger partial charge in [-0.05, 0) is 29.8 Å². The third-order valence-corrected chi connectivity index (χ3v) is 3.02. The Kier molecular flexibility index (Phi) is 3.65. The minimum absolute atomic E-state index is 0.178. The van der Waals surface area contributed by atoms with Gasteiger partial charge in [0.1, 0.15) is 6.33 Å². The molecule has 106 valence electrons. The van der Waals surface area contributed by atoms with Crippen LogP contribution in [0, 0.1) is 0 Å². The van der Waals surface area contributed by atoms with Gasteiger partial charge in [-0.25, -0.2) is 0 Å². The van der Waals surface area contributed by atoms with Gasteiger partial charge < -0.3 is 0 Å². The number of benzene rings is 1. The lowest BCUT2D eigenvalue weighted by atomic mass is 10.1. The van der Waals surface area contributed by atoms with Crippen molar-refractivity contribution < 1.29 is 4.79 Å². The van der Waals surface area contributed by atoms with Crippen molar-refractivity contribution in [3.63, 3.8) is 0 Å². The predicted octanol–water partition coefficient (Wildman–Crippen LogP) is 1.46. The van der Waals surface area contributed by atoms with Crippen LogP contribution >= 0.6 is 11.6 Å². The Bertz CT molecular complexity index is 770. The second-order valence-electron chi connectivity index (χ2n) is 4.33. The van der Waals surface area contributed by atoms with Gasteiger partial charge >= 0.3 is 0 Å². The molecule has 21 heavy (non-hydrogen) atoms. The molecule has 3 rings (SSSR count). The third kappa shape index (κ3) is 3.26. The molecule has 8 heteroatoms. The Morgan fingerprint density at radius 3 is 2.81 bits per heavy atom. The van der Waals surface area contributed by atoms with E-state index >= 15 is 0 Å². The zero-order valence-electron chi connectivity index (χ0n) is 10.8. The highest BCUT2D eigenvalue weighted by atomic mass is 35.5. The molecule has 3 aromatic rings. The first-order valence-corrected chi connectivity index (χ1v) is 6.55. The number of anilines is 1. The van der Waals surface area contributed by atoms with Crippen molar-refractivity contribution in [2.75, 3.05) is 5.43 Å². The summed E-state index contributed by atoms with van der Waals surface area (Å²) in [5.74, 6) is 0.315. The van der Waals surface area contributed by atoms with Gasteiger partial charge in [0.2, 0.25) is 5.91 Å². The number of nitrogens with one attached hydrogen (secondary N) is 2. The Labute approximate surface area is 124 Å². The maximum atomic E-state index is 11.8. The van der Waals surface area contributed by atoms with Crippen LogP contribution in [0.4, 0.5) is 5.82 Å². The van der Waals surface area contributed by atoms with Gasteiger partial charge in [-0.2, -0.15) is 4.52 Å². The van der Waals surface area contributed by atoms with Crippen LogP contribution < -0.4 is 10.9 Å². The Hall–Kier alpha value is -2.67. The molecule has 0 atom stereocenters. The fourth-order valence-corrected chi connectivity index (χ4v) is 1.89. The highest BCUT2D eigenvalue weighted by molar-refractivity contribution is 6.30. The molecule has 2 N–H and O–H groups in total. The number of carbonyl (C=O) groups excluding carboxylic acids is 1. The van der Waals surface area contributed by atoms with Gasteiger partial charge in [0.15, 0.2) is 11.5 Å². The zero-order chi connectivity index (χ0) is 14.7.